The van der Waals surface area contributed by atoms with Crippen LogP contribution in [0, 0.1) is 0 Å². The molecule has 0 bridgehead atoms. The minimum absolute atomic E-state index is 0.383. The molecule has 0 amide bonds. The topological polar surface area (TPSA) is 29.9 Å². The molecule has 5 heteroatoms. The summed E-state index contributed by atoms with van der Waals surface area (Å²) in [4.78, 5) is 0. The van der Waals surface area contributed by atoms with Gasteiger partial charge in [-0.1, -0.05) is 13.8 Å². The highest BCUT2D eigenvalue weighted by atomic mass is 79.9. The summed E-state index contributed by atoms with van der Waals surface area (Å²) in [5.41, 5.74) is 1.29. The van der Waals surface area contributed by atoms with Gasteiger partial charge in [0.15, 0.2) is 0 Å². The van der Waals surface area contributed by atoms with Gasteiger partial charge in [-0.05, 0) is 41.6 Å². The van der Waals surface area contributed by atoms with E-state index in [9.17, 15) is 0 Å². The zero-order chi connectivity index (χ0) is 12.7. The van der Waals surface area contributed by atoms with E-state index in [1.165, 1.54) is 5.69 Å². The van der Waals surface area contributed by atoms with Gasteiger partial charge in [-0.2, -0.15) is 16.9 Å². The second kappa shape index (κ2) is 8.16. The summed E-state index contributed by atoms with van der Waals surface area (Å²) < 4.78 is 3.24. The minimum atomic E-state index is 0.383. The van der Waals surface area contributed by atoms with Crippen molar-refractivity contribution in [2.75, 3.05) is 18.6 Å². The van der Waals surface area contributed by atoms with Crippen molar-refractivity contribution in [2.45, 2.75) is 39.3 Å². The van der Waals surface area contributed by atoms with Crippen molar-refractivity contribution < 1.29 is 0 Å². The van der Waals surface area contributed by atoms with Gasteiger partial charge in [0.05, 0.1) is 22.4 Å². The number of nitrogens with zero attached hydrogens (tertiary/aromatic N) is 2. The first-order valence-electron chi connectivity index (χ1n) is 6.18. The van der Waals surface area contributed by atoms with Crippen molar-refractivity contribution in [3.63, 3.8) is 0 Å². The number of nitrogens with one attached hydrogen (secondary N) is 1. The monoisotopic (exact) mass is 319 g/mol. The molecule has 0 saturated carbocycles. The molecule has 1 rings (SSSR count). The Kier molecular flexibility index (Phi) is 7.23. The molecule has 1 unspecified atom stereocenters. The summed E-state index contributed by atoms with van der Waals surface area (Å²) in [5, 5.41) is 8.04. The van der Waals surface area contributed by atoms with Crippen molar-refractivity contribution in [3.05, 3.63) is 16.4 Å². The quantitative estimate of drug-likeness (QED) is 0.795. The molecule has 0 aromatic carbocycles. The zero-order valence-corrected chi connectivity index (χ0v) is 13.3. The summed E-state index contributed by atoms with van der Waals surface area (Å²) in [6, 6.07) is 0.383. The van der Waals surface area contributed by atoms with Crippen LogP contribution in [0.15, 0.2) is 10.7 Å². The molecule has 0 spiro atoms. The van der Waals surface area contributed by atoms with E-state index in [2.05, 4.69) is 51.1 Å². The maximum absolute atomic E-state index is 4.44. The van der Waals surface area contributed by atoms with Crippen LogP contribution in [0.5, 0.6) is 0 Å². The van der Waals surface area contributed by atoms with Gasteiger partial charge in [0.1, 0.15) is 0 Å². The summed E-state index contributed by atoms with van der Waals surface area (Å²) in [6.45, 7) is 6.42. The number of hydrogen-bond acceptors (Lipinski definition) is 3. The molecule has 1 N–H and O–H groups in total. The number of hydrogen-bond donors (Lipinski definition) is 1. The molecule has 98 valence electrons. The normalized spacial score (nSPS) is 12.9. The van der Waals surface area contributed by atoms with Crippen molar-refractivity contribution in [2.24, 2.45) is 0 Å². The molecule has 0 saturated heterocycles. The molecule has 0 radical (unpaired) electrons. The predicted molar refractivity (Wildman–Crippen MR) is 79.6 cm³/mol. The SMILES string of the molecule is CCCNC(CSC)c1c(Br)cnn1CCC. The molecular weight excluding hydrogens is 298 g/mol. The van der Waals surface area contributed by atoms with E-state index in [1.807, 2.05) is 18.0 Å². The number of halogens is 1. The largest absolute Gasteiger partial charge is 0.308 e. The lowest BCUT2D eigenvalue weighted by molar-refractivity contribution is 0.497. The van der Waals surface area contributed by atoms with Gasteiger partial charge in [-0.3, -0.25) is 4.68 Å². The van der Waals surface area contributed by atoms with Crippen LogP contribution in [0.2, 0.25) is 0 Å². The van der Waals surface area contributed by atoms with Crippen molar-refractivity contribution in [1.82, 2.24) is 15.1 Å². The van der Waals surface area contributed by atoms with Gasteiger partial charge in [0.2, 0.25) is 0 Å². The minimum Gasteiger partial charge on any atom is -0.308 e. The Morgan fingerprint density at radius 3 is 2.82 bits per heavy atom. The Balaban J connectivity index is 2.86. The molecule has 1 heterocycles. The summed E-state index contributed by atoms with van der Waals surface area (Å²) in [7, 11) is 0. The van der Waals surface area contributed by atoms with E-state index in [-0.39, 0.29) is 0 Å². The Labute approximate surface area is 117 Å². The van der Waals surface area contributed by atoms with Crippen molar-refractivity contribution >= 4 is 27.7 Å². The van der Waals surface area contributed by atoms with Crippen LogP contribution < -0.4 is 5.32 Å². The fraction of sp³-hybridized carbons (Fsp3) is 0.750. The number of aromatic nitrogens is 2. The molecule has 0 aliphatic carbocycles. The predicted octanol–water partition coefficient (Wildman–Crippen LogP) is 3.46. The molecular formula is C12H22BrN3S. The van der Waals surface area contributed by atoms with Gasteiger partial charge < -0.3 is 5.32 Å². The van der Waals surface area contributed by atoms with Gasteiger partial charge >= 0.3 is 0 Å². The summed E-state index contributed by atoms with van der Waals surface area (Å²) in [5.74, 6) is 1.08. The third kappa shape index (κ3) is 4.30. The fourth-order valence-corrected chi connectivity index (χ4v) is 3.01. The lowest BCUT2D eigenvalue weighted by Crippen LogP contribution is -2.27. The first-order chi connectivity index (χ1) is 8.24. The average molecular weight is 320 g/mol. The number of aryl methyl sites for hydroxylation is 1. The third-order valence-electron chi connectivity index (χ3n) is 2.57. The molecule has 1 aromatic heterocycles. The second-order valence-electron chi connectivity index (χ2n) is 4.06. The van der Waals surface area contributed by atoms with Crippen molar-refractivity contribution in [3.8, 4) is 0 Å². The van der Waals surface area contributed by atoms with Gasteiger partial charge in [-0.15, -0.1) is 0 Å². The number of thioether (sulfide) groups is 1. The molecule has 0 fully saturated rings. The molecule has 3 nitrogen and oxygen atoms in total. The Bertz CT molecular complexity index is 328. The van der Waals surface area contributed by atoms with Gasteiger partial charge in [-0.25, -0.2) is 0 Å². The van der Waals surface area contributed by atoms with Crippen LogP contribution in [0.1, 0.15) is 38.4 Å². The maximum atomic E-state index is 4.44. The van der Waals surface area contributed by atoms with Gasteiger partial charge in [0.25, 0.3) is 0 Å². The standard InChI is InChI=1S/C12H22BrN3S/c1-4-6-14-11(9-17-3)12-10(13)8-15-16(12)7-5-2/h8,11,14H,4-7,9H2,1-3H3. The lowest BCUT2D eigenvalue weighted by Gasteiger charge is -2.19. The van der Waals surface area contributed by atoms with E-state index in [4.69, 9.17) is 0 Å². The van der Waals surface area contributed by atoms with Crippen LogP contribution in [0.3, 0.4) is 0 Å². The van der Waals surface area contributed by atoms with E-state index in [0.29, 0.717) is 6.04 Å². The molecule has 0 aliphatic heterocycles. The Morgan fingerprint density at radius 1 is 1.47 bits per heavy atom. The van der Waals surface area contributed by atoms with E-state index in [1.54, 1.807) is 0 Å². The summed E-state index contributed by atoms with van der Waals surface area (Å²) in [6.07, 6.45) is 6.33. The van der Waals surface area contributed by atoms with Crippen LogP contribution in [-0.4, -0.2) is 28.3 Å². The van der Waals surface area contributed by atoms with Crippen LogP contribution in [0.25, 0.3) is 0 Å². The Morgan fingerprint density at radius 2 is 2.24 bits per heavy atom. The zero-order valence-electron chi connectivity index (χ0n) is 10.9. The third-order valence-corrected chi connectivity index (χ3v) is 3.85. The molecule has 1 atom stereocenters. The second-order valence-corrected chi connectivity index (χ2v) is 5.83. The Hall–Kier alpha value is 0. The first kappa shape index (κ1) is 15.1. The van der Waals surface area contributed by atoms with Crippen LogP contribution in [-0.2, 0) is 6.54 Å². The molecule has 1 aromatic rings. The van der Waals surface area contributed by atoms with E-state index >= 15 is 0 Å². The highest BCUT2D eigenvalue weighted by Crippen LogP contribution is 2.25. The number of rotatable bonds is 8. The fourth-order valence-electron chi connectivity index (χ4n) is 1.83. The van der Waals surface area contributed by atoms with E-state index < -0.39 is 0 Å². The van der Waals surface area contributed by atoms with Gasteiger partial charge in [0, 0.05) is 12.3 Å². The molecule has 0 aliphatic rings. The van der Waals surface area contributed by atoms with Crippen molar-refractivity contribution in [1.29, 1.82) is 0 Å². The van der Waals surface area contributed by atoms with Crippen LogP contribution >= 0.6 is 27.7 Å². The smallest absolute Gasteiger partial charge is 0.0704 e. The summed E-state index contributed by atoms with van der Waals surface area (Å²) >= 11 is 5.49. The van der Waals surface area contributed by atoms with Crippen LogP contribution in [0.4, 0.5) is 0 Å². The highest BCUT2D eigenvalue weighted by molar-refractivity contribution is 9.10. The van der Waals surface area contributed by atoms with E-state index in [0.717, 1.165) is 36.2 Å². The maximum Gasteiger partial charge on any atom is 0.0704 e. The first-order valence-corrected chi connectivity index (χ1v) is 8.36. The lowest BCUT2D eigenvalue weighted by atomic mass is 10.2. The average Bonchev–Trinajstić information content (AvgIpc) is 2.67. The highest BCUT2D eigenvalue weighted by Gasteiger charge is 2.18. The molecule has 17 heavy (non-hydrogen) atoms.